The standard InChI is InChI=1S/C25H20F4O2/c1-2-3-16-13-30-25(31-14-16)19-11-21(26)20(22(27)12-19)7-5-15-4-6-17-9-23(28)24(29)10-18(17)8-15/h4,6,8-12,16,25H,2-3,13-14H2,1H3. The molecule has 0 unspecified atom stereocenters. The number of benzene rings is 3. The van der Waals surface area contributed by atoms with Crippen LogP contribution in [0.4, 0.5) is 17.6 Å². The highest BCUT2D eigenvalue weighted by Gasteiger charge is 2.25. The zero-order valence-corrected chi connectivity index (χ0v) is 16.9. The number of hydrogen-bond donors (Lipinski definition) is 0. The molecule has 0 aromatic heterocycles. The molecule has 1 aliphatic rings. The summed E-state index contributed by atoms with van der Waals surface area (Å²) in [6.07, 6.45) is 1.18. The van der Waals surface area contributed by atoms with Gasteiger partial charge < -0.3 is 9.47 Å². The third kappa shape index (κ3) is 4.73. The minimum Gasteiger partial charge on any atom is -0.348 e. The van der Waals surface area contributed by atoms with Gasteiger partial charge in [0.25, 0.3) is 0 Å². The molecule has 0 saturated carbocycles. The molecule has 0 bridgehead atoms. The first-order chi connectivity index (χ1) is 14.9. The Morgan fingerprint density at radius 1 is 0.806 bits per heavy atom. The normalized spacial score (nSPS) is 18.6. The van der Waals surface area contributed by atoms with Crippen LogP contribution in [0.15, 0.2) is 42.5 Å². The summed E-state index contributed by atoms with van der Waals surface area (Å²) in [5.41, 5.74) is 0.301. The van der Waals surface area contributed by atoms with Crippen LogP contribution in [0.3, 0.4) is 0 Å². The van der Waals surface area contributed by atoms with Crippen molar-refractivity contribution in [3.05, 3.63) is 82.4 Å². The van der Waals surface area contributed by atoms with E-state index in [-0.39, 0.29) is 17.0 Å². The minimum atomic E-state index is -0.974. The van der Waals surface area contributed by atoms with Gasteiger partial charge in [-0.05, 0) is 53.6 Å². The molecule has 1 saturated heterocycles. The lowest BCUT2D eigenvalue weighted by atomic mass is 10.0. The van der Waals surface area contributed by atoms with E-state index in [1.165, 1.54) is 6.07 Å². The van der Waals surface area contributed by atoms with Crippen LogP contribution in [-0.4, -0.2) is 13.2 Å². The molecule has 2 nitrogen and oxygen atoms in total. The van der Waals surface area contributed by atoms with Gasteiger partial charge in [-0.3, -0.25) is 0 Å². The smallest absolute Gasteiger partial charge is 0.184 e. The highest BCUT2D eigenvalue weighted by atomic mass is 19.2. The lowest BCUT2D eigenvalue weighted by Gasteiger charge is -2.29. The van der Waals surface area contributed by atoms with Gasteiger partial charge in [-0.25, -0.2) is 17.6 Å². The van der Waals surface area contributed by atoms with Crippen LogP contribution < -0.4 is 0 Å². The molecule has 1 heterocycles. The summed E-state index contributed by atoms with van der Waals surface area (Å²) >= 11 is 0. The average molecular weight is 428 g/mol. The van der Waals surface area contributed by atoms with E-state index in [9.17, 15) is 17.6 Å². The molecule has 4 rings (SSSR count). The molecular formula is C25H20F4O2. The summed E-state index contributed by atoms with van der Waals surface area (Å²) in [5.74, 6) is 1.90. The quantitative estimate of drug-likeness (QED) is 0.362. The molecule has 0 aliphatic carbocycles. The van der Waals surface area contributed by atoms with Gasteiger partial charge in [0.05, 0.1) is 18.8 Å². The lowest BCUT2D eigenvalue weighted by Crippen LogP contribution is -2.27. The summed E-state index contributed by atoms with van der Waals surface area (Å²) < 4.78 is 67.2. The molecule has 1 aliphatic heterocycles. The maximum absolute atomic E-state index is 14.6. The summed E-state index contributed by atoms with van der Waals surface area (Å²) in [6, 6.07) is 9.15. The SMILES string of the molecule is CCCC1COC(c2cc(F)c(C#Cc3ccc4cc(F)c(F)cc4c3)c(F)c2)OC1. The topological polar surface area (TPSA) is 18.5 Å². The third-order valence-electron chi connectivity index (χ3n) is 5.21. The Labute approximate surface area is 177 Å². The van der Waals surface area contributed by atoms with Gasteiger partial charge in [0.15, 0.2) is 17.9 Å². The molecule has 0 radical (unpaired) electrons. The van der Waals surface area contributed by atoms with Gasteiger partial charge in [-0.2, -0.15) is 0 Å². The van der Waals surface area contributed by atoms with Crippen LogP contribution >= 0.6 is 0 Å². The van der Waals surface area contributed by atoms with E-state index in [0.717, 1.165) is 37.1 Å². The van der Waals surface area contributed by atoms with Crippen molar-refractivity contribution in [1.82, 2.24) is 0 Å². The predicted octanol–water partition coefficient (Wildman–Crippen LogP) is 6.26. The minimum absolute atomic E-state index is 0.263. The zero-order chi connectivity index (χ0) is 22.0. The molecule has 1 fully saturated rings. The van der Waals surface area contributed by atoms with Gasteiger partial charge in [0, 0.05) is 17.0 Å². The summed E-state index contributed by atoms with van der Waals surface area (Å²) in [5, 5.41) is 0.940. The zero-order valence-electron chi connectivity index (χ0n) is 16.9. The molecule has 6 heteroatoms. The maximum Gasteiger partial charge on any atom is 0.184 e. The van der Waals surface area contributed by atoms with Crippen LogP contribution in [0, 0.1) is 41.0 Å². The summed E-state index contributed by atoms with van der Waals surface area (Å²) in [7, 11) is 0. The molecule has 0 spiro atoms. The van der Waals surface area contributed by atoms with Crippen molar-refractivity contribution >= 4 is 10.8 Å². The van der Waals surface area contributed by atoms with Crippen LogP contribution in [0.5, 0.6) is 0 Å². The fourth-order valence-corrected chi connectivity index (χ4v) is 3.61. The van der Waals surface area contributed by atoms with Crippen molar-refractivity contribution in [2.75, 3.05) is 13.2 Å². The third-order valence-corrected chi connectivity index (χ3v) is 5.21. The van der Waals surface area contributed by atoms with E-state index >= 15 is 0 Å². The second kappa shape index (κ2) is 9.09. The summed E-state index contributed by atoms with van der Waals surface area (Å²) in [4.78, 5) is 0. The van der Waals surface area contributed by atoms with Crippen molar-refractivity contribution in [1.29, 1.82) is 0 Å². The molecular weight excluding hydrogens is 408 g/mol. The number of ether oxygens (including phenoxy) is 2. The predicted molar refractivity (Wildman–Crippen MR) is 109 cm³/mol. The van der Waals surface area contributed by atoms with E-state index < -0.39 is 29.6 Å². The van der Waals surface area contributed by atoms with Gasteiger partial charge in [-0.1, -0.05) is 31.3 Å². The van der Waals surface area contributed by atoms with Gasteiger partial charge >= 0.3 is 0 Å². The van der Waals surface area contributed by atoms with Crippen molar-refractivity contribution in [3.63, 3.8) is 0 Å². The van der Waals surface area contributed by atoms with Crippen molar-refractivity contribution < 1.29 is 27.0 Å². The van der Waals surface area contributed by atoms with Gasteiger partial charge in [-0.15, -0.1) is 0 Å². The van der Waals surface area contributed by atoms with Crippen LogP contribution in [0.25, 0.3) is 10.8 Å². The highest BCUT2D eigenvalue weighted by Crippen LogP contribution is 2.29. The van der Waals surface area contributed by atoms with E-state index in [1.807, 2.05) is 0 Å². The van der Waals surface area contributed by atoms with E-state index in [4.69, 9.17) is 9.47 Å². The van der Waals surface area contributed by atoms with Gasteiger partial charge in [0.1, 0.15) is 11.6 Å². The maximum atomic E-state index is 14.6. The fourth-order valence-electron chi connectivity index (χ4n) is 3.61. The number of fused-ring (bicyclic) bond motifs is 1. The molecule has 0 atom stereocenters. The van der Waals surface area contributed by atoms with Crippen LogP contribution in [0.2, 0.25) is 0 Å². The van der Waals surface area contributed by atoms with Crippen molar-refractivity contribution in [3.8, 4) is 11.8 Å². The molecule has 3 aromatic carbocycles. The number of halogens is 4. The number of rotatable bonds is 3. The summed E-state index contributed by atoms with van der Waals surface area (Å²) in [6.45, 7) is 3.04. The van der Waals surface area contributed by atoms with Crippen molar-refractivity contribution in [2.24, 2.45) is 5.92 Å². The Morgan fingerprint density at radius 3 is 2.10 bits per heavy atom. The van der Waals surface area contributed by atoms with Crippen LogP contribution in [0.1, 0.15) is 42.7 Å². The Kier molecular flexibility index (Phi) is 6.26. The Balaban J connectivity index is 1.56. The lowest BCUT2D eigenvalue weighted by molar-refractivity contribution is -0.206. The largest absolute Gasteiger partial charge is 0.348 e. The molecule has 31 heavy (non-hydrogen) atoms. The van der Waals surface area contributed by atoms with E-state index in [1.54, 1.807) is 12.1 Å². The first-order valence-corrected chi connectivity index (χ1v) is 10.1. The Morgan fingerprint density at radius 2 is 1.45 bits per heavy atom. The molecule has 0 amide bonds. The Bertz CT molecular complexity index is 1150. The first-order valence-electron chi connectivity index (χ1n) is 10.1. The monoisotopic (exact) mass is 428 g/mol. The molecule has 0 N–H and O–H groups in total. The second-order valence-electron chi connectivity index (χ2n) is 7.59. The van der Waals surface area contributed by atoms with Crippen LogP contribution in [-0.2, 0) is 9.47 Å². The van der Waals surface area contributed by atoms with Crippen molar-refractivity contribution in [2.45, 2.75) is 26.1 Å². The highest BCUT2D eigenvalue weighted by molar-refractivity contribution is 5.84. The van der Waals surface area contributed by atoms with E-state index in [0.29, 0.717) is 29.5 Å². The number of hydrogen-bond acceptors (Lipinski definition) is 2. The van der Waals surface area contributed by atoms with E-state index in [2.05, 4.69) is 18.8 Å². The Hall–Kier alpha value is -2.88. The molecule has 160 valence electrons. The first kappa shape index (κ1) is 21.4. The molecule has 3 aromatic rings. The average Bonchev–Trinajstić information content (AvgIpc) is 2.75. The fraction of sp³-hybridized carbons (Fsp3) is 0.280. The second-order valence-corrected chi connectivity index (χ2v) is 7.59. The van der Waals surface area contributed by atoms with Gasteiger partial charge in [0.2, 0.25) is 0 Å².